The highest BCUT2D eigenvalue weighted by atomic mass is 19.4. The number of rotatable bonds is 5. The molecule has 1 aliphatic heterocycles. The van der Waals surface area contributed by atoms with E-state index in [0.29, 0.717) is 12.5 Å². The van der Waals surface area contributed by atoms with Gasteiger partial charge in [-0.15, -0.1) is 0 Å². The van der Waals surface area contributed by atoms with Crippen molar-refractivity contribution in [3.63, 3.8) is 0 Å². The lowest BCUT2D eigenvalue weighted by molar-refractivity contribution is -0.137. The van der Waals surface area contributed by atoms with Crippen LogP contribution in [0.5, 0.6) is 0 Å². The lowest BCUT2D eigenvalue weighted by Crippen LogP contribution is -2.12. The van der Waals surface area contributed by atoms with Gasteiger partial charge in [-0.3, -0.25) is 0 Å². The summed E-state index contributed by atoms with van der Waals surface area (Å²) < 4.78 is 43.5. The molecule has 0 radical (unpaired) electrons. The van der Waals surface area contributed by atoms with Crippen molar-refractivity contribution in [3.05, 3.63) is 17.7 Å². The Morgan fingerprint density at radius 1 is 1.35 bits per heavy atom. The van der Waals surface area contributed by atoms with Crippen molar-refractivity contribution in [1.82, 2.24) is 4.98 Å². The molecule has 1 atom stereocenters. The van der Waals surface area contributed by atoms with Gasteiger partial charge in [0.1, 0.15) is 11.6 Å². The van der Waals surface area contributed by atoms with Gasteiger partial charge in [0.25, 0.3) is 0 Å². The zero-order valence-electron chi connectivity index (χ0n) is 11.3. The summed E-state index contributed by atoms with van der Waals surface area (Å²) in [6, 6.07) is 2.03. The first-order valence-electron chi connectivity index (χ1n) is 6.57. The molecule has 4 nitrogen and oxygen atoms in total. The quantitative estimate of drug-likeness (QED) is 0.875. The molecule has 2 heterocycles. The van der Waals surface area contributed by atoms with Gasteiger partial charge in [0.15, 0.2) is 0 Å². The van der Waals surface area contributed by atoms with Crippen molar-refractivity contribution in [3.8, 4) is 0 Å². The van der Waals surface area contributed by atoms with E-state index >= 15 is 0 Å². The summed E-state index contributed by atoms with van der Waals surface area (Å²) in [5.74, 6) is 0.923. The second kappa shape index (κ2) is 6.30. The number of nitrogens with one attached hydrogen (secondary N) is 2. The Balaban J connectivity index is 1.98. The molecule has 0 saturated carbocycles. The van der Waals surface area contributed by atoms with Crippen LogP contribution in [-0.4, -0.2) is 31.8 Å². The fraction of sp³-hybridized carbons (Fsp3) is 0.615. The summed E-state index contributed by atoms with van der Waals surface area (Å²) in [5.41, 5.74) is -0.705. The molecule has 112 valence electrons. The first kappa shape index (κ1) is 14.9. The van der Waals surface area contributed by atoms with Gasteiger partial charge in [0.05, 0.1) is 5.56 Å². The van der Waals surface area contributed by atoms with E-state index in [1.54, 1.807) is 7.05 Å². The molecule has 20 heavy (non-hydrogen) atoms. The molecule has 0 amide bonds. The Kier molecular flexibility index (Phi) is 4.69. The van der Waals surface area contributed by atoms with E-state index in [-0.39, 0.29) is 11.6 Å². The number of nitrogens with zero attached hydrogens (tertiary/aromatic N) is 1. The van der Waals surface area contributed by atoms with E-state index in [1.807, 2.05) is 0 Å². The molecular weight excluding hydrogens is 271 g/mol. The molecule has 1 fully saturated rings. The van der Waals surface area contributed by atoms with Crippen molar-refractivity contribution in [2.24, 2.45) is 5.92 Å². The first-order chi connectivity index (χ1) is 9.49. The molecule has 2 rings (SSSR count). The van der Waals surface area contributed by atoms with E-state index in [4.69, 9.17) is 4.74 Å². The van der Waals surface area contributed by atoms with Crippen molar-refractivity contribution >= 4 is 11.6 Å². The fourth-order valence-electron chi connectivity index (χ4n) is 2.13. The molecule has 0 bridgehead atoms. The molecule has 0 aliphatic carbocycles. The van der Waals surface area contributed by atoms with Crippen LogP contribution in [0.2, 0.25) is 0 Å². The van der Waals surface area contributed by atoms with Crippen LogP contribution in [0.4, 0.5) is 24.8 Å². The number of aromatic nitrogens is 1. The van der Waals surface area contributed by atoms with Gasteiger partial charge in [0, 0.05) is 26.8 Å². The Hall–Kier alpha value is -1.50. The molecule has 0 aromatic carbocycles. The van der Waals surface area contributed by atoms with Crippen LogP contribution in [0.25, 0.3) is 0 Å². The predicted molar refractivity (Wildman–Crippen MR) is 70.8 cm³/mol. The highest BCUT2D eigenvalue weighted by molar-refractivity contribution is 5.49. The lowest BCUT2D eigenvalue weighted by Gasteiger charge is -2.13. The molecule has 1 aliphatic rings. The van der Waals surface area contributed by atoms with Crippen LogP contribution >= 0.6 is 0 Å². The van der Waals surface area contributed by atoms with Crippen LogP contribution in [0.15, 0.2) is 12.1 Å². The number of alkyl halides is 3. The van der Waals surface area contributed by atoms with Crippen molar-refractivity contribution in [1.29, 1.82) is 0 Å². The largest absolute Gasteiger partial charge is 0.416 e. The molecule has 0 spiro atoms. The van der Waals surface area contributed by atoms with Gasteiger partial charge >= 0.3 is 6.18 Å². The lowest BCUT2D eigenvalue weighted by atomic mass is 10.1. The van der Waals surface area contributed by atoms with Crippen LogP contribution in [0.3, 0.4) is 0 Å². The van der Waals surface area contributed by atoms with Crippen molar-refractivity contribution in [2.45, 2.75) is 19.0 Å². The van der Waals surface area contributed by atoms with E-state index in [1.165, 1.54) is 0 Å². The van der Waals surface area contributed by atoms with Crippen LogP contribution < -0.4 is 10.6 Å². The number of ether oxygens (including phenoxy) is 1. The standard InChI is InChI=1S/C13H18F3N3O/c1-17-11-6-10(13(14,15)16)7-12(19-11)18-4-2-9-3-5-20-8-9/h6-7,9H,2-5,8H2,1H3,(H2,17,18,19). The maximum Gasteiger partial charge on any atom is 0.416 e. The van der Waals surface area contributed by atoms with Gasteiger partial charge in [-0.05, 0) is 30.9 Å². The maximum atomic E-state index is 12.8. The Morgan fingerprint density at radius 2 is 2.10 bits per heavy atom. The third-order valence-electron chi connectivity index (χ3n) is 3.29. The van der Waals surface area contributed by atoms with Crippen LogP contribution in [-0.2, 0) is 10.9 Å². The molecule has 2 N–H and O–H groups in total. The minimum atomic E-state index is -4.37. The van der Waals surface area contributed by atoms with Gasteiger partial charge in [-0.2, -0.15) is 13.2 Å². The minimum absolute atomic E-state index is 0.200. The average molecular weight is 289 g/mol. The zero-order chi connectivity index (χ0) is 14.6. The number of halogens is 3. The first-order valence-corrected chi connectivity index (χ1v) is 6.57. The summed E-state index contributed by atoms with van der Waals surface area (Å²) in [7, 11) is 1.54. The molecule has 1 aromatic rings. The van der Waals surface area contributed by atoms with Crippen molar-refractivity contribution < 1.29 is 17.9 Å². The predicted octanol–water partition coefficient (Wildman–Crippen LogP) is 2.98. The Morgan fingerprint density at radius 3 is 2.70 bits per heavy atom. The van der Waals surface area contributed by atoms with E-state index in [2.05, 4.69) is 15.6 Å². The third kappa shape index (κ3) is 4.00. The van der Waals surface area contributed by atoms with Crippen molar-refractivity contribution in [2.75, 3.05) is 37.4 Å². The Labute approximate surface area is 115 Å². The second-order valence-corrected chi connectivity index (χ2v) is 4.82. The van der Waals surface area contributed by atoms with Gasteiger partial charge in [-0.25, -0.2) is 4.98 Å². The highest BCUT2D eigenvalue weighted by Crippen LogP contribution is 2.32. The molecule has 1 saturated heterocycles. The smallest absolute Gasteiger partial charge is 0.381 e. The second-order valence-electron chi connectivity index (χ2n) is 4.82. The van der Waals surface area contributed by atoms with E-state index < -0.39 is 11.7 Å². The number of hydrogen-bond donors (Lipinski definition) is 2. The molecule has 1 unspecified atom stereocenters. The van der Waals surface area contributed by atoms with E-state index in [9.17, 15) is 13.2 Å². The van der Waals surface area contributed by atoms with Gasteiger partial charge < -0.3 is 15.4 Å². The molecule has 1 aromatic heterocycles. The number of hydrogen-bond acceptors (Lipinski definition) is 4. The molecule has 7 heteroatoms. The monoisotopic (exact) mass is 289 g/mol. The number of anilines is 2. The maximum absolute atomic E-state index is 12.8. The SMILES string of the molecule is CNc1cc(C(F)(F)F)cc(NCCC2CCOC2)n1. The summed E-state index contributed by atoms with van der Waals surface area (Å²) in [6.07, 6.45) is -2.49. The van der Waals surface area contributed by atoms with Gasteiger partial charge in [0.2, 0.25) is 0 Å². The summed E-state index contributed by atoms with van der Waals surface area (Å²) in [4.78, 5) is 4.08. The summed E-state index contributed by atoms with van der Waals surface area (Å²) in [6.45, 7) is 2.10. The van der Waals surface area contributed by atoms with E-state index in [0.717, 1.165) is 38.2 Å². The van der Waals surface area contributed by atoms with Crippen LogP contribution in [0.1, 0.15) is 18.4 Å². The Bertz CT molecular complexity index is 445. The molecular formula is C13H18F3N3O. The zero-order valence-corrected chi connectivity index (χ0v) is 11.3. The summed E-state index contributed by atoms with van der Waals surface area (Å²) >= 11 is 0. The highest BCUT2D eigenvalue weighted by Gasteiger charge is 2.31. The van der Waals surface area contributed by atoms with Crippen LogP contribution in [0, 0.1) is 5.92 Å². The van der Waals surface area contributed by atoms with Gasteiger partial charge in [-0.1, -0.05) is 0 Å². The fourth-order valence-corrected chi connectivity index (χ4v) is 2.13. The topological polar surface area (TPSA) is 46.2 Å². The number of pyridine rings is 1. The third-order valence-corrected chi connectivity index (χ3v) is 3.29. The summed E-state index contributed by atoms with van der Waals surface area (Å²) in [5, 5.41) is 5.59. The average Bonchev–Trinajstić information content (AvgIpc) is 2.90. The minimum Gasteiger partial charge on any atom is -0.381 e. The normalized spacial score (nSPS) is 19.1.